The Labute approximate surface area is 164 Å². The molecule has 5 nitrogen and oxygen atoms in total. The number of rotatable bonds is 8. The highest BCUT2D eigenvalue weighted by Crippen LogP contribution is 2.23. The average molecular weight is 387 g/mol. The van der Waals surface area contributed by atoms with E-state index in [-0.39, 0.29) is 17.9 Å². The Hall–Kier alpha value is -2.53. The molecule has 0 atom stereocenters. The van der Waals surface area contributed by atoms with E-state index in [1.54, 1.807) is 30.3 Å². The highest BCUT2D eigenvalue weighted by molar-refractivity contribution is 6.30. The number of benzene rings is 2. The largest absolute Gasteiger partial charge is 0.493 e. The van der Waals surface area contributed by atoms with Crippen molar-refractivity contribution < 1.29 is 14.3 Å². The molecule has 2 amide bonds. The summed E-state index contributed by atoms with van der Waals surface area (Å²) in [5, 5.41) is 6.44. The van der Waals surface area contributed by atoms with Crippen molar-refractivity contribution in [3.8, 4) is 5.75 Å². The van der Waals surface area contributed by atoms with Crippen LogP contribution in [-0.4, -0.2) is 24.5 Å². The summed E-state index contributed by atoms with van der Waals surface area (Å²) in [7, 11) is 0. The Bertz CT molecular complexity index is 834. The van der Waals surface area contributed by atoms with E-state index in [1.807, 2.05) is 19.1 Å². The molecule has 0 unspecified atom stereocenters. The monoisotopic (exact) mass is 386 g/mol. The maximum absolute atomic E-state index is 12.3. The molecule has 0 saturated heterocycles. The van der Waals surface area contributed by atoms with Gasteiger partial charge in [0.1, 0.15) is 5.75 Å². The van der Waals surface area contributed by atoms with Crippen molar-refractivity contribution >= 4 is 29.1 Å². The van der Waals surface area contributed by atoms with E-state index < -0.39 is 0 Å². The quantitative estimate of drug-likeness (QED) is 0.663. The maximum atomic E-state index is 12.3. The van der Waals surface area contributed by atoms with Crippen LogP contribution in [0.25, 0.3) is 0 Å². The highest BCUT2D eigenvalue weighted by Gasteiger charge is 2.24. The molecule has 142 valence electrons. The second-order valence-corrected chi connectivity index (χ2v) is 7.14. The van der Waals surface area contributed by atoms with Gasteiger partial charge in [-0.15, -0.1) is 0 Å². The normalized spacial score (nSPS) is 13.1. The molecule has 1 aliphatic rings. The van der Waals surface area contributed by atoms with Crippen LogP contribution in [-0.2, 0) is 4.79 Å². The van der Waals surface area contributed by atoms with Crippen LogP contribution in [0.15, 0.2) is 42.5 Å². The third kappa shape index (κ3) is 5.73. The van der Waals surface area contributed by atoms with Crippen molar-refractivity contribution in [3.05, 3.63) is 58.6 Å². The predicted octanol–water partition coefficient (Wildman–Crippen LogP) is 4.34. The van der Waals surface area contributed by atoms with E-state index in [0.29, 0.717) is 35.7 Å². The summed E-state index contributed by atoms with van der Waals surface area (Å²) >= 11 is 5.93. The molecule has 1 aliphatic carbocycles. The van der Waals surface area contributed by atoms with Crippen molar-refractivity contribution in [2.24, 2.45) is 0 Å². The summed E-state index contributed by atoms with van der Waals surface area (Å²) in [5.41, 5.74) is 1.99. The zero-order valence-corrected chi connectivity index (χ0v) is 16.0. The lowest BCUT2D eigenvalue weighted by atomic mass is 10.1. The lowest BCUT2D eigenvalue weighted by Gasteiger charge is -2.12. The van der Waals surface area contributed by atoms with Gasteiger partial charge in [-0.2, -0.15) is 0 Å². The Morgan fingerprint density at radius 3 is 2.70 bits per heavy atom. The Morgan fingerprint density at radius 2 is 1.96 bits per heavy atom. The molecule has 2 aromatic rings. The molecule has 3 rings (SSSR count). The molecule has 0 bridgehead atoms. The molecule has 1 fully saturated rings. The van der Waals surface area contributed by atoms with Gasteiger partial charge in [0.25, 0.3) is 5.91 Å². The number of ether oxygens (including phenoxy) is 1. The number of anilines is 1. The molecular weight excluding hydrogens is 364 g/mol. The van der Waals surface area contributed by atoms with Crippen molar-refractivity contribution in [3.63, 3.8) is 0 Å². The minimum atomic E-state index is -0.144. The van der Waals surface area contributed by atoms with E-state index in [2.05, 4.69) is 10.6 Å². The SMILES string of the molecule is Cc1cc(Cl)ccc1OCCCC(=O)Nc1ccccc1C(=O)NC1CC1. The summed E-state index contributed by atoms with van der Waals surface area (Å²) < 4.78 is 5.70. The van der Waals surface area contributed by atoms with Gasteiger partial charge < -0.3 is 15.4 Å². The fourth-order valence-corrected chi connectivity index (χ4v) is 2.91. The predicted molar refractivity (Wildman–Crippen MR) is 106 cm³/mol. The molecule has 0 spiro atoms. The van der Waals surface area contributed by atoms with Gasteiger partial charge in [0.2, 0.25) is 5.91 Å². The molecule has 1 saturated carbocycles. The number of hydrogen-bond donors (Lipinski definition) is 2. The van der Waals surface area contributed by atoms with Crippen molar-refractivity contribution in [2.75, 3.05) is 11.9 Å². The fourth-order valence-electron chi connectivity index (χ4n) is 2.68. The van der Waals surface area contributed by atoms with Gasteiger partial charge in [-0.05, 0) is 62.1 Å². The second kappa shape index (κ2) is 8.91. The molecule has 0 aromatic heterocycles. The van der Waals surface area contributed by atoms with Crippen molar-refractivity contribution in [2.45, 2.75) is 38.6 Å². The number of halogens is 1. The van der Waals surface area contributed by atoms with E-state index >= 15 is 0 Å². The number of nitrogens with one attached hydrogen (secondary N) is 2. The van der Waals surface area contributed by atoms with Crippen LogP contribution in [0.1, 0.15) is 41.6 Å². The van der Waals surface area contributed by atoms with Crippen LogP contribution < -0.4 is 15.4 Å². The van der Waals surface area contributed by atoms with E-state index in [4.69, 9.17) is 16.3 Å². The summed E-state index contributed by atoms with van der Waals surface area (Å²) in [4.78, 5) is 24.5. The number of carbonyl (C=O) groups is 2. The molecule has 6 heteroatoms. The first-order valence-electron chi connectivity index (χ1n) is 9.11. The summed E-state index contributed by atoms with van der Waals surface area (Å²) in [6.07, 6.45) is 2.93. The van der Waals surface area contributed by atoms with Crippen molar-refractivity contribution in [1.29, 1.82) is 0 Å². The summed E-state index contributed by atoms with van der Waals surface area (Å²) in [6.45, 7) is 2.36. The topological polar surface area (TPSA) is 67.4 Å². The van der Waals surface area contributed by atoms with Gasteiger partial charge in [-0.1, -0.05) is 23.7 Å². The van der Waals surface area contributed by atoms with Crippen LogP contribution in [0, 0.1) is 6.92 Å². The average Bonchev–Trinajstić information content (AvgIpc) is 3.44. The fraction of sp³-hybridized carbons (Fsp3) is 0.333. The smallest absolute Gasteiger partial charge is 0.253 e. The first-order chi connectivity index (χ1) is 13.0. The molecule has 2 N–H and O–H groups in total. The Balaban J connectivity index is 1.47. The molecular formula is C21H23ClN2O3. The third-order valence-electron chi connectivity index (χ3n) is 4.30. The van der Waals surface area contributed by atoms with Crippen LogP contribution in [0.5, 0.6) is 5.75 Å². The number of aryl methyl sites for hydroxylation is 1. The van der Waals surface area contributed by atoms with Gasteiger partial charge in [-0.25, -0.2) is 0 Å². The summed E-state index contributed by atoms with van der Waals surface area (Å²) in [5.74, 6) is 0.481. The molecule has 2 aromatic carbocycles. The number of amides is 2. The van der Waals surface area contributed by atoms with E-state index in [1.165, 1.54) is 0 Å². The van der Waals surface area contributed by atoms with E-state index in [0.717, 1.165) is 24.2 Å². The van der Waals surface area contributed by atoms with Gasteiger partial charge in [0, 0.05) is 17.5 Å². The Morgan fingerprint density at radius 1 is 1.19 bits per heavy atom. The van der Waals surface area contributed by atoms with Crippen LogP contribution in [0.4, 0.5) is 5.69 Å². The molecule has 27 heavy (non-hydrogen) atoms. The minimum absolute atomic E-state index is 0.141. The second-order valence-electron chi connectivity index (χ2n) is 6.70. The Kier molecular flexibility index (Phi) is 6.35. The van der Waals surface area contributed by atoms with E-state index in [9.17, 15) is 9.59 Å². The van der Waals surface area contributed by atoms with Gasteiger partial charge in [-0.3, -0.25) is 9.59 Å². The van der Waals surface area contributed by atoms with Crippen molar-refractivity contribution in [1.82, 2.24) is 5.32 Å². The van der Waals surface area contributed by atoms with Crippen LogP contribution >= 0.6 is 11.6 Å². The molecule has 0 radical (unpaired) electrons. The van der Waals surface area contributed by atoms with Crippen LogP contribution in [0.2, 0.25) is 5.02 Å². The lowest BCUT2D eigenvalue weighted by Crippen LogP contribution is -2.27. The first-order valence-corrected chi connectivity index (χ1v) is 9.49. The molecule has 0 aliphatic heterocycles. The highest BCUT2D eigenvalue weighted by atomic mass is 35.5. The number of para-hydroxylation sites is 1. The molecule has 0 heterocycles. The minimum Gasteiger partial charge on any atom is -0.493 e. The zero-order chi connectivity index (χ0) is 19.2. The van der Waals surface area contributed by atoms with Gasteiger partial charge >= 0.3 is 0 Å². The number of carbonyl (C=O) groups excluding carboxylic acids is 2. The van der Waals surface area contributed by atoms with Crippen LogP contribution in [0.3, 0.4) is 0 Å². The van der Waals surface area contributed by atoms with Gasteiger partial charge in [0.15, 0.2) is 0 Å². The zero-order valence-electron chi connectivity index (χ0n) is 15.3. The standard InChI is InChI=1S/C21H23ClN2O3/c1-14-13-15(22)8-11-19(14)27-12-4-7-20(25)24-18-6-3-2-5-17(18)21(26)23-16-9-10-16/h2-3,5-6,8,11,13,16H,4,7,9-10,12H2,1H3,(H,23,26)(H,24,25). The summed E-state index contributed by atoms with van der Waals surface area (Å²) in [6, 6.07) is 12.8. The third-order valence-corrected chi connectivity index (χ3v) is 4.54. The van der Waals surface area contributed by atoms with Gasteiger partial charge in [0.05, 0.1) is 17.9 Å². The first kappa shape index (κ1) is 19.2. The lowest BCUT2D eigenvalue weighted by molar-refractivity contribution is -0.116. The maximum Gasteiger partial charge on any atom is 0.253 e. The number of hydrogen-bond acceptors (Lipinski definition) is 3.